The predicted molar refractivity (Wildman–Crippen MR) is 49.5 cm³/mol. The normalized spacial score (nSPS) is 10.8. The van der Waals surface area contributed by atoms with E-state index in [2.05, 4.69) is 0 Å². The molecule has 0 spiro atoms. The Labute approximate surface area is 73.4 Å². The van der Waals surface area contributed by atoms with Crippen LogP contribution >= 0.6 is 0 Å². The third-order valence-electron chi connectivity index (χ3n) is 2.00. The molecule has 0 aromatic heterocycles. The molecule has 1 heteroatoms. The van der Waals surface area contributed by atoms with Gasteiger partial charge in [0.05, 0.1) is 0 Å². The SMILES string of the molecule is CCc1cccc([C](C)C)c1F. The lowest BCUT2D eigenvalue weighted by Crippen LogP contribution is -1.97. The van der Waals surface area contributed by atoms with Gasteiger partial charge in [0.1, 0.15) is 5.82 Å². The van der Waals surface area contributed by atoms with Gasteiger partial charge in [0.25, 0.3) is 0 Å². The van der Waals surface area contributed by atoms with Gasteiger partial charge in [-0.2, -0.15) is 0 Å². The number of hydrogen-bond acceptors (Lipinski definition) is 0. The minimum atomic E-state index is -0.0556. The molecule has 0 amide bonds. The fourth-order valence-electron chi connectivity index (χ4n) is 1.24. The molecule has 65 valence electrons. The lowest BCUT2D eigenvalue weighted by Gasteiger charge is -2.08. The van der Waals surface area contributed by atoms with Crippen LogP contribution in [0.5, 0.6) is 0 Å². The van der Waals surface area contributed by atoms with Crippen LogP contribution in [0.4, 0.5) is 4.39 Å². The molecule has 1 rings (SSSR count). The van der Waals surface area contributed by atoms with Crippen molar-refractivity contribution in [2.24, 2.45) is 0 Å². The molecule has 1 radical (unpaired) electrons. The van der Waals surface area contributed by atoms with Crippen molar-refractivity contribution in [1.29, 1.82) is 0 Å². The molecule has 0 aliphatic carbocycles. The van der Waals surface area contributed by atoms with E-state index in [1.807, 2.05) is 39.0 Å². The molecule has 1 aromatic rings. The Morgan fingerprint density at radius 2 is 2.00 bits per heavy atom. The zero-order valence-corrected chi connectivity index (χ0v) is 7.82. The molecule has 0 heterocycles. The second-order valence-corrected chi connectivity index (χ2v) is 3.13. The summed E-state index contributed by atoms with van der Waals surface area (Å²) in [5.74, 6) is 0.975. The van der Waals surface area contributed by atoms with E-state index < -0.39 is 0 Å². The van der Waals surface area contributed by atoms with E-state index in [-0.39, 0.29) is 5.82 Å². The van der Waals surface area contributed by atoms with Crippen molar-refractivity contribution >= 4 is 0 Å². The number of halogens is 1. The monoisotopic (exact) mass is 165 g/mol. The van der Waals surface area contributed by atoms with Crippen LogP contribution in [-0.4, -0.2) is 0 Å². The van der Waals surface area contributed by atoms with Gasteiger partial charge < -0.3 is 0 Å². The molecule has 0 atom stereocenters. The third-order valence-corrected chi connectivity index (χ3v) is 2.00. The number of hydrogen-bond donors (Lipinski definition) is 0. The molecular weight excluding hydrogens is 151 g/mol. The quantitative estimate of drug-likeness (QED) is 0.630. The maximum atomic E-state index is 13.5. The van der Waals surface area contributed by atoms with Gasteiger partial charge in [-0.05, 0) is 17.5 Å². The Morgan fingerprint density at radius 3 is 2.50 bits per heavy atom. The average molecular weight is 165 g/mol. The molecule has 0 aliphatic rings. The van der Waals surface area contributed by atoms with Gasteiger partial charge in [-0.15, -0.1) is 0 Å². The fraction of sp³-hybridized carbons (Fsp3) is 0.364. The minimum Gasteiger partial charge on any atom is -0.206 e. The molecule has 0 nitrogen and oxygen atoms in total. The lowest BCUT2D eigenvalue weighted by molar-refractivity contribution is 0.600. The molecule has 0 unspecified atom stereocenters. The van der Waals surface area contributed by atoms with Gasteiger partial charge in [0.15, 0.2) is 0 Å². The first kappa shape index (κ1) is 9.24. The number of benzene rings is 1. The average Bonchev–Trinajstić information content (AvgIpc) is 2.04. The molecule has 0 saturated heterocycles. The Bertz CT molecular complexity index is 264. The van der Waals surface area contributed by atoms with Gasteiger partial charge >= 0.3 is 0 Å². The van der Waals surface area contributed by atoms with Crippen molar-refractivity contribution in [3.8, 4) is 0 Å². The first-order valence-corrected chi connectivity index (χ1v) is 4.24. The highest BCUT2D eigenvalue weighted by atomic mass is 19.1. The van der Waals surface area contributed by atoms with E-state index in [1.54, 1.807) is 0 Å². The summed E-state index contributed by atoms with van der Waals surface area (Å²) in [7, 11) is 0. The summed E-state index contributed by atoms with van der Waals surface area (Å²) >= 11 is 0. The maximum absolute atomic E-state index is 13.5. The molecule has 12 heavy (non-hydrogen) atoms. The highest BCUT2D eigenvalue weighted by Gasteiger charge is 2.08. The Hall–Kier alpha value is -0.850. The zero-order valence-electron chi connectivity index (χ0n) is 7.82. The summed E-state index contributed by atoms with van der Waals surface area (Å²) in [5.41, 5.74) is 1.54. The van der Waals surface area contributed by atoms with Crippen LogP contribution in [-0.2, 0) is 6.42 Å². The van der Waals surface area contributed by atoms with Gasteiger partial charge in [0.2, 0.25) is 0 Å². The minimum absolute atomic E-state index is 0.0556. The molecular formula is C11H14F. The lowest BCUT2D eigenvalue weighted by atomic mass is 9.99. The van der Waals surface area contributed by atoms with E-state index in [1.165, 1.54) is 0 Å². The van der Waals surface area contributed by atoms with Crippen LogP contribution in [0.25, 0.3) is 0 Å². The van der Waals surface area contributed by atoms with Gasteiger partial charge in [-0.3, -0.25) is 0 Å². The summed E-state index contributed by atoms with van der Waals surface area (Å²) in [6, 6.07) is 5.57. The molecule has 1 aromatic carbocycles. The molecule has 0 bridgehead atoms. The van der Waals surface area contributed by atoms with Crippen LogP contribution in [0.2, 0.25) is 0 Å². The Balaban J connectivity index is 3.14. The third kappa shape index (κ3) is 1.66. The first-order chi connectivity index (χ1) is 5.66. The fourth-order valence-corrected chi connectivity index (χ4v) is 1.24. The highest BCUT2D eigenvalue weighted by Crippen LogP contribution is 2.20. The molecule has 0 saturated carbocycles. The van der Waals surface area contributed by atoms with Crippen LogP contribution < -0.4 is 0 Å². The van der Waals surface area contributed by atoms with Gasteiger partial charge in [-0.1, -0.05) is 39.0 Å². The maximum Gasteiger partial charge on any atom is 0.130 e. The molecule has 0 aliphatic heterocycles. The Morgan fingerprint density at radius 1 is 1.33 bits per heavy atom. The number of rotatable bonds is 2. The molecule has 0 N–H and O–H groups in total. The van der Waals surface area contributed by atoms with Crippen molar-refractivity contribution in [2.75, 3.05) is 0 Å². The van der Waals surface area contributed by atoms with Crippen LogP contribution in [0.15, 0.2) is 18.2 Å². The summed E-state index contributed by atoms with van der Waals surface area (Å²) in [6.45, 7) is 5.82. The van der Waals surface area contributed by atoms with Crippen LogP contribution in [0.1, 0.15) is 31.9 Å². The van der Waals surface area contributed by atoms with Crippen LogP contribution in [0, 0.1) is 11.7 Å². The topological polar surface area (TPSA) is 0 Å². The Kier molecular flexibility index (Phi) is 2.85. The van der Waals surface area contributed by atoms with E-state index in [0.717, 1.165) is 23.5 Å². The smallest absolute Gasteiger partial charge is 0.130 e. The van der Waals surface area contributed by atoms with Gasteiger partial charge in [-0.25, -0.2) is 4.39 Å². The molecule has 0 fully saturated rings. The van der Waals surface area contributed by atoms with Crippen molar-refractivity contribution in [3.63, 3.8) is 0 Å². The highest BCUT2D eigenvalue weighted by molar-refractivity contribution is 5.34. The van der Waals surface area contributed by atoms with Crippen molar-refractivity contribution in [3.05, 3.63) is 41.1 Å². The summed E-state index contributed by atoms with van der Waals surface area (Å²) in [4.78, 5) is 0. The summed E-state index contributed by atoms with van der Waals surface area (Å²) in [5, 5.41) is 0. The van der Waals surface area contributed by atoms with Crippen LogP contribution in [0.3, 0.4) is 0 Å². The summed E-state index contributed by atoms with van der Waals surface area (Å²) in [6.07, 6.45) is 0.757. The first-order valence-electron chi connectivity index (χ1n) is 4.24. The van der Waals surface area contributed by atoms with E-state index in [0.29, 0.717) is 0 Å². The summed E-state index contributed by atoms with van der Waals surface area (Å²) < 4.78 is 13.5. The van der Waals surface area contributed by atoms with E-state index in [9.17, 15) is 4.39 Å². The van der Waals surface area contributed by atoms with E-state index in [4.69, 9.17) is 0 Å². The second-order valence-electron chi connectivity index (χ2n) is 3.13. The van der Waals surface area contributed by atoms with Gasteiger partial charge in [0, 0.05) is 5.92 Å². The zero-order chi connectivity index (χ0) is 9.14. The largest absolute Gasteiger partial charge is 0.206 e. The number of aryl methyl sites for hydroxylation is 1. The predicted octanol–water partition coefficient (Wildman–Crippen LogP) is 3.35. The van der Waals surface area contributed by atoms with Crippen molar-refractivity contribution < 1.29 is 4.39 Å². The second kappa shape index (κ2) is 3.70. The van der Waals surface area contributed by atoms with Crippen molar-refractivity contribution in [2.45, 2.75) is 27.2 Å². The van der Waals surface area contributed by atoms with Crippen molar-refractivity contribution in [1.82, 2.24) is 0 Å². The van der Waals surface area contributed by atoms with E-state index >= 15 is 0 Å². The standard InChI is InChI=1S/C11H14F/c1-4-9-6-5-7-10(8(2)3)11(9)12/h5-7H,4H2,1-3H3.